The molecule has 1 heterocycles. The smallest absolute Gasteiger partial charge is 0.0541 e. The first-order chi connectivity index (χ1) is 21.8. The van der Waals surface area contributed by atoms with Crippen LogP contribution in [0.4, 0.5) is 0 Å². The van der Waals surface area contributed by atoms with E-state index >= 15 is 0 Å². The van der Waals surface area contributed by atoms with Gasteiger partial charge in [0.25, 0.3) is 0 Å². The number of benzene rings is 8. The van der Waals surface area contributed by atoms with Crippen molar-refractivity contribution in [3.8, 4) is 27.9 Å². The van der Waals surface area contributed by atoms with Crippen molar-refractivity contribution in [1.29, 1.82) is 0 Å². The van der Waals surface area contributed by atoms with Gasteiger partial charge >= 0.3 is 0 Å². The zero-order chi connectivity index (χ0) is 28.8. The maximum absolute atomic E-state index is 2.42. The predicted octanol–water partition coefficient (Wildman–Crippen LogP) is 11.5. The first kappa shape index (κ1) is 23.9. The lowest BCUT2D eigenvalue weighted by Gasteiger charge is -2.14. The fourth-order valence-corrected chi connectivity index (χ4v) is 7.89. The molecule has 0 fully saturated rings. The number of rotatable bonds is 2. The van der Waals surface area contributed by atoms with Gasteiger partial charge in [-0.3, -0.25) is 0 Å². The highest BCUT2D eigenvalue weighted by Gasteiger charge is 2.23. The van der Waals surface area contributed by atoms with Crippen LogP contribution in [-0.4, -0.2) is 4.57 Å². The van der Waals surface area contributed by atoms with Crippen molar-refractivity contribution < 1.29 is 0 Å². The monoisotopic (exact) mass is 557 g/mol. The van der Waals surface area contributed by atoms with Gasteiger partial charge in [0.05, 0.1) is 11.0 Å². The highest BCUT2D eigenvalue weighted by Crippen LogP contribution is 2.44. The van der Waals surface area contributed by atoms with Crippen LogP contribution in [-0.2, 0) is 6.42 Å². The summed E-state index contributed by atoms with van der Waals surface area (Å²) in [6.45, 7) is 0. The molecule has 1 aliphatic rings. The van der Waals surface area contributed by atoms with Crippen molar-refractivity contribution in [3.05, 3.63) is 163 Å². The zero-order valence-electron chi connectivity index (χ0n) is 24.1. The Morgan fingerprint density at radius 3 is 1.57 bits per heavy atom. The van der Waals surface area contributed by atoms with Crippen molar-refractivity contribution in [3.63, 3.8) is 0 Å². The number of fused-ring (bicyclic) bond motifs is 12. The van der Waals surface area contributed by atoms with E-state index in [0.29, 0.717) is 0 Å². The molecule has 10 rings (SSSR count). The van der Waals surface area contributed by atoms with E-state index in [1.807, 2.05) is 0 Å². The van der Waals surface area contributed by atoms with E-state index < -0.39 is 0 Å². The standard InChI is InChI=1S/C43H27N/c1-2-12-35-33(10-1)34-11-3-4-13-36(34)41-25-27(20-22-37(35)41)30-16-9-17-32-31-23-21-29(24-28(31)26-40(30)32)44-42-18-7-5-14-38(42)39-15-6-8-19-43(39)44/h1-25H,26H2. The summed E-state index contributed by atoms with van der Waals surface area (Å²) in [6.07, 6.45) is 0.933. The third-order valence-corrected chi connectivity index (χ3v) is 9.82. The fraction of sp³-hybridized carbons (Fsp3) is 0.0233. The van der Waals surface area contributed by atoms with Gasteiger partial charge in [0, 0.05) is 16.5 Å². The van der Waals surface area contributed by atoms with Crippen LogP contribution in [0.1, 0.15) is 11.1 Å². The molecule has 1 nitrogen and oxygen atoms in total. The Hall–Kier alpha value is -5.66. The minimum Gasteiger partial charge on any atom is -0.309 e. The molecule has 0 atom stereocenters. The average molecular weight is 558 g/mol. The van der Waals surface area contributed by atoms with Gasteiger partial charge in [0.1, 0.15) is 0 Å². The summed E-state index contributed by atoms with van der Waals surface area (Å²) < 4.78 is 2.42. The molecule has 0 amide bonds. The molecule has 1 heteroatoms. The lowest BCUT2D eigenvalue weighted by Crippen LogP contribution is -1.95. The van der Waals surface area contributed by atoms with Crippen LogP contribution in [0.3, 0.4) is 0 Å². The van der Waals surface area contributed by atoms with Gasteiger partial charge in [0.2, 0.25) is 0 Å². The summed E-state index contributed by atoms with van der Waals surface area (Å²) in [7, 11) is 0. The highest BCUT2D eigenvalue weighted by atomic mass is 15.0. The first-order valence-corrected chi connectivity index (χ1v) is 15.4. The Balaban J connectivity index is 1.14. The lowest BCUT2D eigenvalue weighted by molar-refractivity contribution is 1.16. The summed E-state index contributed by atoms with van der Waals surface area (Å²) in [5.41, 5.74) is 11.9. The molecule has 0 bridgehead atoms. The van der Waals surface area contributed by atoms with Crippen molar-refractivity contribution in [2.45, 2.75) is 6.42 Å². The van der Waals surface area contributed by atoms with Crippen LogP contribution in [0.15, 0.2) is 152 Å². The second-order valence-electron chi connectivity index (χ2n) is 12.1. The van der Waals surface area contributed by atoms with Gasteiger partial charge in [-0.25, -0.2) is 0 Å². The van der Waals surface area contributed by atoms with Gasteiger partial charge in [-0.15, -0.1) is 0 Å². The number of hydrogen-bond donors (Lipinski definition) is 0. The maximum atomic E-state index is 2.42. The summed E-state index contributed by atoms with van der Waals surface area (Å²) in [5.74, 6) is 0. The van der Waals surface area contributed by atoms with Crippen LogP contribution in [0.5, 0.6) is 0 Å². The third kappa shape index (κ3) is 3.24. The minimum absolute atomic E-state index is 0.933. The number of aromatic nitrogens is 1. The largest absolute Gasteiger partial charge is 0.309 e. The van der Waals surface area contributed by atoms with E-state index in [0.717, 1.165) is 6.42 Å². The van der Waals surface area contributed by atoms with Crippen LogP contribution >= 0.6 is 0 Å². The van der Waals surface area contributed by atoms with Gasteiger partial charge in [-0.05, 0) is 102 Å². The highest BCUT2D eigenvalue weighted by molar-refractivity contribution is 6.25. The Bertz CT molecular complexity index is 2550. The van der Waals surface area contributed by atoms with E-state index in [1.54, 1.807) is 0 Å². The van der Waals surface area contributed by atoms with E-state index in [9.17, 15) is 0 Å². The molecule has 0 radical (unpaired) electrons. The second kappa shape index (κ2) is 8.92. The quantitative estimate of drug-likeness (QED) is 0.186. The molecule has 0 N–H and O–H groups in total. The molecule has 1 aliphatic carbocycles. The zero-order valence-corrected chi connectivity index (χ0v) is 24.1. The molecule has 9 aromatic rings. The van der Waals surface area contributed by atoms with Gasteiger partial charge in [-0.1, -0.05) is 121 Å². The van der Waals surface area contributed by atoms with Crippen LogP contribution in [0.2, 0.25) is 0 Å². The fourth-order valence-electron chi connectivity index (χ4n) is 7.89. The van der Waals surface area contributed by atoms with E-state index in [1.165, 1.54) is 93.2 Å². The molecule has 8 aromatic carbocycles. The van der Waals surface area contributed by atoms with Crippen molar-refractivity contribution >= 4 is 54.1 Å². The van der Waals surface area contributed by atoms with Crippen LogP contribution in [0.25, 0.3) is 82.1 Å². The van der Waals surface area contributed by atoms with E-state index in [-0.39, 0.29) is 0 Å². The normalized spacial score (nSPS) is 12.5. The second-order valence-corrected chi connectivity index (χ2v) is 12.1. The average Bonchev–Trinajstić information content (AvgIpc) is 3.63. The molecule has 1 aromatic heterocycles. The lowest BCUT2D eigenvalue weighted by atomic mass is 9.90. The topological polar surface area (TPSA) is 4.93 Å². The van der Waals surface area contributed by atoms with Crippen molar-refractivity contribution in [1.82, 2.24) is 4.57 Å². The van der Waals surface area contributed by atoms with Crippen LogP contribution < -0.4 is 0 Å². The molecule has 0 saturated heterocycles. The van der Waals surface area contributed by atoms with Crippen molar-refractivity contribution in [2.24, 2.45) is 0 Å². The Labute approximate surface area is 255 Å². The van der Waals surface area contributed by atoms with Crippen LogP contribution in [0, 0.1) is 0 Å². The molecular weight excluding hydrogens is 530 g/mol. The molecule has 0 spiro atoms. The number of para-hydroxylation sites is 2. The molecule has 0 aliphatic heterocycles. The van der Waals surface area contributed by atoms with Gasteiger partial charge < -0.3 is 4.57 Å². The maximum Gasteiger partial charge on any atom is 0.0541 e. The summed E-state index contributed by atoms with van der Waals surface area (Å²) in [5, 5.41) is 10.5. The van der Waals surface area contributed by atoms with Gasteiger partial charge in [0.15, 0.2) is 0 Å². The third-order valence-electron chi connectivity index (χ3n) is 9.82. The predicted molar refractivity (Wildman–Crippen MR) is 187 cm³/mol. The van der Waals surface area contributed by atoms with Gasteiger partial charge in [-0.2, -0.15) is 0 Å². The molecule has 44 heavy (non-hydrogen) atoms. The molecule has 0 unspecified atom stereocenters. The molecular formula is C43H27N. The Morgan fingerprint density at radius 2 is 0.909 bits per heavy atom. The Morgan fingerprint density at radius 1 is 0.364 bits per heavy atom. The van der Waals surface area contributed by atoms with E-state index in [4.69, 9.17) is 0 Å². The summed E-state index contributed by atoms with van der Waals surface area (Å²) in [6, 6.07) is 56.1. The SMILES string of the molecule is c1cc(-c2ccc3c4ccccc4c4ccccc4c3c2)c2c(c1)-c1ccc(-n3c4ccccc4c4ccccc43)cc1C2. The molecule has 204 valence electrons. The number of hydrogen-bond acceptors (Lipinski definition) is 0. The minimum atomic E-state index is 0.933. The first-order valence-electron chi connectivity index (χ1n) is 15.4. The summed E-state index contributed by atoms with van der Waals surface area (Å²) in [4.78, 5) is 0. The van der Waals surface area contributed by atoms with E-state index in [2.05, 4.69) is 156 Å². The number of nitrogens with zero attached hydrogens (tertiary/aromatic N) is 1. The summed E-state index contributed by atoms with van der Waals surface area (Å²) >= 11 is 0. The molecule has 0 saturated carbocycles. The Kier molecular flexibility index (Phi) is 4.84. The van der Waals surface area contributed by atoms with Crippen molar-refractivity contribution in [2.75, 3.05) is 0 Å².